The molecule has 1 fully saturated rings. The molecule has 144 valence electrons. The monoisotopic (exact) mass is 388 g/mol. The molecule has 2 aromatic rings. The number of hydrogen-bond donors (Lipinski definition) is 1. The average Bonchev–Trinajstić information content (AvgIpc) is 2.69. The second kappa shape index (κ2) is 9.88. The Labute approximate surface area is 164 Å². The highest BCUT2D eigenvalue weighted by molar-refractivity contribution is 8.00. The Morgan fingerprint density at radius 3 is 2.48 bits per heavy atom. The third-order valence-electron chi connectivity index (χ3n) is 4.63. The number of benzene rings is 2. The van der Waals surface area contributed by atoms with Crippen molar-refractivity contribution in [1.82, 2.24) is 10.2 Å². The van der Waals surface area contributed by atoms with E-state index in [0.717, 1.165) is 18.0 Å². The highest BCUT2D eigenvalue weighted by atomic mass is 32.2. The molecule has 1 aliphatic heterocycles. The molecule has 3 rings (SSSR count). The van der Waals surface area contributed by atoms with Crippen molar-refractivity contribution >= 4 is 17.7 Å². The van der Waals surface area contributed by atoms with E-state index < -0.39 is 0 Å². The summed E-state index contributed by atoms with van der Waals surface area (Å²) in [6.45, 7) is 5.18. The van der Waals surface area contributed by atoms with E-state index >= 15 is 0 Å². The smallest absolute Gasteiger partial charge is 0.230 e. The van der Waals surface area contributed by atoms with Gasteiger partial charge in [-0.3, -0.25) is 9.69 Å². The summed E-state index contributed by atoms with van der Waals surface area (Å²) in [6, 6.07) is 16.5. The Balaban J connectivity index is 1.61. The van der Waals surface area contributed by atoms with Crippen LogP contribution >= 0.6 is 11.8 Å². The lowest BCUT2D eigenvalue weighted by atomic mass is 9.98. The van der Waals surface area contributed by atoms with Gasteiger partial charge in [0.2, 0.25) is 5.91 Å². The summed E-state index contributed by atoms with van der Waals surface area (Å²) in [5.74, 6) is 0.0142. The fourth-order valence-electron chi connectivity index (χ4n) is 3.38. The van der Waals surface area contributed by atoms with Gasteiger partial charge in [-0.2, -0.15) is 0 Å². The zero-order valence-corrected chi connectivity index (χ0v) is 16.3. The largest absolute Gasteiger partial charge is 0.379 e. The summed E-state index contributed by atoms with van der Waals surface area (Å²) >= 11 is 1.41. The number of nitrogens with zero attached hydrogens (tertiary/aromatic N) is 1. The number of nitrogens with one attached hydrogen (secondary N) is 1. The summed E-state index contributed by atoms with van der Waals surface area (Å²) in [5, 5.41) is 3.14. The summed E-state index contributed by atoms with van der Waals surface area (Å²) < 4.78 is 18.5. The minimum Gasteiger partial charge on any atom is -0.379 e. The van der Waals surface area contributed by atoms with Crippen LogP contribution in [-0.2, 0) is 9.53 Å². The lowest BCUT2D eigenvalue weighted by Gasteiger charge is -2.38. The van der Waals surface area contributed by atoms with Crippen LogP contribution in [0.1, 0.15) is 18.5 Å². The summed E-state index contributed by atoms with van der Waals surface area (Å²) in [6.07, 6.45) is 0. The van der Waals surface area contributed by atoms with Crippen molar-refractivity contribution in [3.05, 3.63) is 66.0 Å². The molecule has 2 aromatic carbocycles. The van der Waals surface area contributed by atoms with Gasteiger partial charge in [0, 0.05) is 24.0 Å². The molecule has 1 N–H and O–H groups in total. The van der Waals surface area contributed by atoms with E-state index in [1.165, 1.54) is 29.5 Å². The van der Waals surface area contributed by atoms with E-state index in [4.69, 9.17) is 4.74 Å². The van der Waals surface area contributed by atoms with Crippen molar-refractivity contribution in [1.29, 1.82) is 0 Å². The second-order valence-electron chi connectivity index (χ2n) is 6.60. The molecule has 1 saturated heterocycles. The van der Waals surface area contributed by atoms with Crippen LogP contribution in [0.5, 0.6) is 0 Å². The topological polar surface area (TPSA) is 41.6 Å². The third-order valence-corrected chi connectivity index (χ3v) is 5.64. The van der Waals surface area contributed by atoms with Gasteiger partial charge in [-0.25, -0.2) is 4.39 Å². The molecule has 6 heteroatoms. The van der Waals surface area contributed by atoms with Gasteiger partial charge >= 0.3 is 0 Å². The molecule has 2 atom stereocenters. The molecule has 1 amide bonds. The molecule has 4 nitrogen and oxygen atoms in total. The van der Waals surface area contributed by atoms with Gasteiger partial charge in [0.15, 0.2) is 0 Å². The van der Waals surface area contributed by atoms with Crippen LogP contribution in [0.2, 0.25) is 0 Å². The van der Waals surface area contributed by atoms with E-state index in [0.29, 0.717) is 19.0 Å². The Hall–Kier alpha value is -1.89. The lowest BCUT2D eigenvalue weighted by Crippen LogP contribution is -2.48. The van der Waals surface area contributed by atoms with Crippen LogP contribution in [0.4, 0.5) is 4.39 Å². The van der Waals surface area contributed by atoms with Crippen molar-refractivity contribution in [2.45, 2.75) is 23.9 Å². The van der Waals surface area contributed by atoms with Crippen LogP contribution in [0.25, 0.3) is 0 Å². The first-order chi connectivity index (χ1) is 13.1. The number of hydrogen-bond acceptors (Lipinski definition) is 4. The van der Waals surface area contributed by atoms with Crippen LogP contribution in [0.15, 0.2) is 59.5 Å². The van der Waals surface area contributed by atoms with Gasteiger partial charge in [-0.05, 0) is 36.8 Å². The van der Waals surface area contributed by atoms with Gasteiger partial charge < -0.3 is 10.1 Å². The summed E-state index contributed by atoms with van der Waals surface area (Å²) in [7, 11) is 0. The molecule has 0 unspecified atom stereocenters. The number of rotatable bonds is 7. The van der Waals surface area contributed by atoms with Crippen LogP contribution in [0.3, 0.4) is 0 Å². The molecule has 1 heterocycles. The van der Waals surface area contributed by atoms with Crippen LogP contribution in [0, 0.1) is 5.82 Å². The van der Waals surface area contributed by atoms with E-state index in [2.05, 4.69) is 22.3 Å². The van der Waals surface area contributed by atoms with E-state index in [9.17, 15) is 9.18 Å². The molecule has 0 radical (unpaired) electrons. The zero-order valence-electron chi connectivity index (χ0n) is 15.4. The summed E-state index contributed by atoms with van der Waals surface area (Å²) in [4.78, 5) is 15.7. The predicted molar refractivity (Wildman–Crippen MR) is 106 cm³/mol. The maximum Gasteiger partial charge on any atom is 0.230 e. The SMILES string of the molecule is C[C@H](NC(=O)CSc1ccc(F)cc1)[C@H](c1ccccc1)N1CCOCC1. The van der Waals surface area contributed by atoms with Crippen molar-refractivity contribution in [3.63, 3.8) is 0 Å². The highest BCUT2D eigenvalue weighted by Gasteiger charge is 2.28. The number of carbonyl (C=O) groups is 1. The Morgan fingerprint density at radius 1 is 1.15 bits per heavy atom. The molecule has 27 heavy (non-hydrogen) atoms. The Bertz CT molecular complexity index is 721. The van der Waals surface area contributed by atoms with Gasteiger partial charge in [-0.15, -0.1) is 11.8 Å². The standard InChI is InChI=1S/C21H25FN2O2S/c1-16(23-20(25)15-27-19-9-7-18(22)8-10-19)21(17-5-3-2-4-6-17)24-11-13-26-14-12-24/h2-10,16,21H,11-15H2,1H3,(H,23,25)/t16-,21+/m0/s1. The Morgan fingerprint density at radius 2 is 1.81 bits per heavy atom. The van der Waals surface area contributed by atoms with Crippen molar-refractivity contribution in [3.8, 4) is 0 Å². The first-order valence-electron chi connectivity index (χ1n) is 9.18. The number of halogens is 1. The van der Waals surface area contributed by atoms with Gasteiger partial charge in [0.05, 0.1) is 25.0 Å². The summed E-state index contributed by atoms with van der Waals surface area (Å²) in [5.41, 5.74) is 1.19. The number of ether oxygens (including phenoxy) is 1. The van der Waals surface area contributed by atoms with E-state index in [1.54, 1.807) is 12.1 Å². The normalized spacial score (nSPS) is 17.3. The second-order valence-corrected chi connectivity index (χ2v) is 7.65. The number of thioether (sulfide) groups is 1. The molecule has 0 aliphatic carbocycles. The third kappa shape index (κ3) is 5.79. The van der Waals surface area contributed by atoms with E-state index in [1.807, 2.05) is 25.1 Å². The van der Waals surface area contributed by atoms with E-state index in [-0.39, 0.29) is 23.8 Å². The maximum absolute atomic E-state index is 13.0. The molecule has 0 bridgehead atoms. The first kappa shape index (κ1) is 19.9. The lowest BCUT2D eigenvalue weighted by molar-refractivity contribution is -0.119. The molecular formula is C21H25FN2O2S. The average molecular weight is 389 g/mol. The van der Waals surface area contributed by atoms with Gasteiger partial charge in [-0.1, -0.05) is 30.3 Å². The van der Waals surface area contributed by atoms with Crippen LogP contribution in [-0.4, -0.2) is 48.9 Å². The molecule has 0 spiro atoms. The number of amides is 1. The fourth-order valence-corrected chi connectivity index (χ4v) is 4.09. The van der Waals surface area contributed by atoms with Crippen molar-refractivity contribution in [2.75, 3.05) is 32.1 Å². The Kier molecular flexibility index (Phi) is 7.26. The van der Waals surface area contributed by atoms with Gasteiger partial charge in [0.1, 0.15) is 5.82 Å². The molecular weight excluding hydrogens is 363 g/mol. The minimum absolute atomic E-state index is 0.0222. The molecule has 1 aliphatic rings. The minimum atomic E-state index is -0.270. The van der Waals surface area contributed by atoms with Crippen molar-refractivity contribution in [2.24, 2.45) is 0 Å². The maximum atomic E-state index is 13.0. The van der Waals surface area contributed by atoms with Gasteiger partial charge in [0.25, 0.3) is 0 Å². The first-order valence-corrected chi connectivity index (χ1v) is 10.2. The fraction of sp³-hybridized carbons (Fsp3) is 0.381. The van der Waals surface area contributed by atoms with Crippen molar-refractivity contribution < 1.29 is 13.9 Å². The molecule has 0 saturated carbocycles. The quantitative estimate of drug-likeness (QED) is 0.737. The number of carbonyl (C=O) groups excluding carboxylic acids is 1. The molecule has 0 aromatic heterocycles. The van der Waals surface area contributed by atoms with Crippen LogP contribution < -0.4 is 5.32 Å². The predicted octanol–water partition coefficient (Wildman–Crippen LogP) is 3.50. The highest BCUT2D eigenvalue weighted by Crippen LogP contribution is 2.26. The number of morpholine rings is 1. The zero-order chi connectivity index (χ0) is 19.1.